The van der Waals surface area contributed by atoms with Crippen LogP contribution in [0.25, 0.3) is 0 Å². The van der Waals surface area contributed by atoms with Gasteiger partial charge < -0.3 is 9.88 Å². The SMILES string of the molecule is CNCC(CCc1nccn1C)Cc1ccc(F)cc1. The zero-order valence-corrected chi connectivity index (χ0v) is 12.1. The number of rotatable bonds is 7. The molecule has 1 atom stereocenters. The molecule has 0 fully saturated rings. The first-order valence-corrected chi connectivity index (χ1v) is 7.04. The lowest BCUT2D eigenvalue weighted by Gasteiger charge is -2.16. The number of nitrogens with one attached hydrogen (secondary N) is 1. The Bertz CT molecular complexity index is 519. The second kappa shape index (κ2) is 7.20. The summed E-state index contributed by atoms with van der Waals surface area (Å²) >= 11 is 0. The molecule has 4 heteroatoms. The van der Waals surface area contributed by atoms with Crippen LogP contribution in [0.5, 0.6) is 0 Å². The lowest BCUT2D eigenvalue weighted by molar-refractivity contribution is 0.453. The molecule has 1 heterocycles. The summed E-state index contributed by atoms with van der Waals surface area (Å²) in [4.78, 5) is 4.36. The van der Waals surface area contributed by atoms with Gasteiger partial charge in [-0.15, -0.1) is 0 Å². The number of hydrogen-bond acceptors (Lipinski definition) is 2. The van der Waals surface area contributed by atoms with Gasteiger partial charge in [-0.1, -0.05) is 12.1 Å². The molecule has 2 aromatic rings. The number of nitrogens with zero attached hydrogens (tertiary/aromatic N) is 2. The molecule has 0 bridgehead atoms. The molecule has 0 saturated heterocycles. The van der Waals surface area contributed by atoms with Crippen molar-refractivity contribution < 1.29 is 4.39 Å². The number of aromatic nitrogens is 2. The molecule has 0 amide bonds. The van der Waals surface area contributed by atoms with Crippen LogP contribution in [0.15, 0.2) is 36.7 Å². The molecule has 0 aliphatic carbocycles. The summed E-state index contributed by atoms with van der Waals surface area (Å²) in [6.45, 7) is 0.960. The van der Waals surface area contributed by atoms with E-state index in [-0.39, 0.29) is 5.82 Å². The third-order valence-electron chi connectivity index (χ3n) is 3.63. The molecule has 0 radical (unpaired) electrons. The van der Waals surface area contributed by atoms with Crippen molar-refractivity contribution in [2.24, 2.45) is 13.0 Å². The smallest absolute Gasteiger partial charge is 0.123 e. The van der Waals surface area contributed by atoms with Crippen molar-refractivity contribution in [2.75, 3.05) is 13.6 Å². The Hall–Kier alpha value is -1.68. The third kappa shape index (κ3) is 4.17. The zero-order chi connectivity index (χ0) is 14.4. The first-order valence-electron chi connectivity index (χ1n) is 7.04. The van der Waals surface area contributed by atoms with Crippen LogP contribution < -0.4 is 5.32 Å². The molecule has 2 rings (SSSR count). The molecule has 0 spiro atoms. The average molecular weight is 275 g/mol. The molecular weight excluding hydrogens is 253 g/mol. The minimum Gasteiger partial charge on any atom is -0.338 e. The van der Waals surface area contributed by atoms with Gasteiger partial charge in [-0.3, -0.25) is 0 Å². The summed E-state index contributed by atoms with van der Waals surface area (Å²) in [5.41, 5.74) is 1.19. The summed E-state index contributed by atoms with van der Waals surface area (Å²) in [5.74, 6) is 1.47. The summed E-state index contributed by atoms with van der Waals surface area (Å²) in [7, 11) is 3.99. The van der Waals surface area contributed by atoms with E-state index < -0.39 is 0 Å². The molecular formula is C16H22FN3. The Balaban J connectivity index is 1.93. The molecule has 1 unspecified atom stereocenters. The minimum atomic E-state index is -0.174. The average Bonchev–Trinajstić information content (AvgIpc) is 2.84. The number of imidazole rings is 1. The number of aryl methyl sites for hydroxylation is 2. The van der Waals surface area contributed by atoms with Crippen LogP contribution in [0.3, 0.4) is 0 Å². The molecule has 0 saturated carbocycles. The Labute approximate surface area is 119 Å². The molecule has 1 aromatic carbocycles. The monoisotopic (exact) mass is 275 g/mol. The van der Waals surface area contributed by atoms with Crippen LogP contribution in [-0.4, -0.2) is 23.1 Å². The largest absolute Gasteiger partial charge is 0.338 e. The van der Waals surface area contributed by atoms with Gasteiger partial charge in [0.25, 0.3) is 0 Å². The second-order valence-corrected chi connectivity index (χ2v) is 5.25. The molecule has 1 N–H and O–H groups in total. The predicted molar refractivity (Wildman–Crippen MR) is 79.0 cm³/mol. The topological polar surface area (TPSA) is 29.9 Å². The lowest BCUT2D eigenvalue weighted by atomic mass is 9.94. The third-order valence-corrected chi connectivity index (χ3v) is 3.63. The van der Waals surface area contributed by atoms with Gasteiger partial charge in [-0.2, -0.15) is 0 Å². The first-order chi connectivity index (χ1) is 9.69. The molecule has 0 aliphatic rings. The summed E-state index contributed by atoms with van der Waals surface area (Å²) < 4.78 is 15.0. The van der Waals surface area contributed by atoms with Crippen molar-refractivity contribution in [3.05, 3.63) is 53.9 Å². The fourth-order valence-electron chi connectivity index (χ4n) is 2.49. The Morgan fingerprint density at radius 1 is 1.30 bits per heavy atom. The van der Waals surface area contributed by atoms with Gasteiger partial charge in [0.15, 0.2) is 0 Å². The van der Waals surface area contributed by atoms with Gasteiger partial charge in [0.1, 0.15) is 11.6 Å². The maximum absolute atomic E-state index is 12.9. The van der Waals surface area contributed by atoms with E-state index in [0.29, 0.717) is 5.92 Å². The maximum Gasteiger partial charge on any atom is 0.123 e. The van der Waals surface area contributed by atoms with E-state index in [1.165, 1.54) is 17.7 Å². The quantitative estimate of drug-likeness (QED) is 0.841. The predicted octanol–water partition coefficient (Wildman–Crippen LogP) is 2.57. The van der Waals surface area contributed by atoms with Gasteiger partial charge >= 0.3 is 0 Å². The van der Waals surface area contributed by atoms with Crippen LogP contribution >= 0.6 is 0 Å². The minimum absolute atomic E-state index is 0.174. The maximum atomic E-state index is 12.9. The van der Waals surface area contributed by atoms with Crippen LogP contribution in [0.1, 0.15) is 17.8 Å². The van der Waals surface area contributed by atoms with Crippen LogP contribution in [-0.2, 0) is 19.9 Å². The fraction of sp³-hybridized carbons (Fsp3) is 0.438. The van der Waals surface area contributed by atoms with Gasteiger partial charge in [0, 0.05) is 25.9 Å². The van der Waals surface area contributed by atoms with E-state index in [1.54, 1.807) is 0 Å². The van der Waals surface area contributed by atoms with E-state index >= 15 is 0 Å². The highest BCUT2D eigenvalue weighted by atomic mass is 19.1. The highest BCUT2D eigenvalue weighted by Gasteiger charge is 2.11. The molecule has 1 aromatic heterocycles. The molecule has 20 heavy (non-hydrogen) atoms. The van der Waals surface area contributed by atoms with Crippen molar-refractivity contribution in [1.29, 1.82) is 0 Å². The van der Waals surface area contributed by atoms with E-state index in [2.05, 4.69) is 14.9 Å². The normalized spacial score (nSPS) is 12.6. The summed E-state index contributed by atoms with van der Waals surface area (Å²) in [6, 6.07) is 6.81. The standard InChI is InChI=1S/C16H22FN3/c1-18-12-14(5-8-16-19-9-10-20(16)2)11-13-3-6-15(17)7-4-13/h3-4,6-7,9-10,14,18H,5,8,11-12H2,1-2H3. The highest BCUT2D eigenvalue weighted by Crippen LogP contribution is 2.15. The number of hydrogen-bond donors (Lipinski definition) is 1. The van der Waals surface area contributed by atoms with Gasteiger partial charge in [-0.05, 0) is 50.0 Å². The van der Waals surface area contributed by atoms with Gasteiger partial charge in [0.2, 0.25) is 0 Å². The Kier molecular flexibility index (Phi) is 5.30. The van der Waals surface area contributed by atoms with Crippen molar-refractivity contribution >= 4 is 0 Å². The Morgan fingerprint density at radius 3 is 2.65 bits per heavy atom. The van der Waals surface area contributed by atoms with E-state index in [0.717, 1.165) is 31.6 Å². The summed E-state index contributed by atoms with van der Waals surface area (Å²) in [5, 5.41) is 3.24. The molecule has 3 nitrogen and oxygen atoms in total. The van der Waals surface area contributed by atoms with Gasteiger partial charge in [-0.25, -0.2) is 9.37 Å². The molecule has 108 valence electrons. The van der Waals surface area contributed by atoms with Crippen LogP contribution in [0, 0.1) is 11.7 Å². The van der Waals surface area contributed by atoms with Crippen molar-refractivity contribution in [1.82, 2.24) is 14.9 Å². The van der Waals surface area contributed by atoms with Crippen molar-refractivity contribution in [3.63, 3.8) is 0 Å². The van der Waals surface area contributed by atoms with E-state index in [4.69, 9.17) is 0 Å². The first kappa shape index (κ1) is 14.7. The number of benzene rings is 1. The fourth-order valence-corrected chi connectivity index (χ4v) is 2.49. The lowest BCUT2D eigenvalue weighted by Crippen LogP contribution is -2.21. The highest BCUT2D eigenvalue weighted by molar-refractivity contribution is 5.16. The number of halogens is 1. The van der Waals surface area contributed by atoms with Crippen molar-refractivity contribution in [2.45, 2.75) is 19.3 Å². The van der Waals surface area contributed by atoms with Crippen LogP contribution in [0.2, 0.25) is 0 Å². The van der Waals surface area contributed by atoms with Gasteiger partial charge in [0.05, 0.1) is 0 Å². The zero-order valence-electron chi connectivity index (χ0n) is 12.1. The van der Waals surface area contributed by atoms with Crippen LogP contribution in [0.4, 0.5) is 4.39 Å². The van der Waals surface area contributed by atoms with Crippen molar-refractivity contribution in [3.8, 4) is 0 Å². The summed E-state index contributed by atoms with van der Waals surface area (Å²) in [6.07, 6.45) is 6.82. The molecule has 0 aliphatic heterocycles. The second-order valence-electron chi connectivity index (χ2n) is 5.25. The van der Waals surface area contributed by atoms with E-state index in [9.17, 15) is 4.39 Å². The Morgan fingerprint density at radius 2 is 2.05 bits per heavy atom. The van der Waals surface area contributed by atoms with E-state index in [1.807, 2.05) is 38.6 Å².